The van der Waals surface area contributed by atoms with Crippen molar-refractivity contribution >= 4 is 22.8 Å². The topological polar surface area (TPSA) is 86.5 Å². The molecule has 0 unspecified atom stereocenters. The van der Waals surface area contributed by atoms with E-state index >= 15 is 0 Å². The molecule has 0 atom stereocenters. The van der Waals surface area contributed by atoms with Gasteiger partial charge in [0.05, 0.1) is 0 Å². The second-order valence-electron chi connectivity index (χ2n) is 4.19. The summed E-state index contributed by atoms with van der Waals surface area (Å²) in [7, 11) is 0. The SMILES string of the molecule is O=c1[nH]c2nc(C(F)(F)F)[nH]c2nc1Nc1ccccc1. The van der Waals surface area contributed by atoms with Crippen LogP contribution >= 0.6 is 0 Å². The van der Waals surface area contributed by atoms with Crippen molar-refractivity contribution in [2.24, 2.45) is 0 Å². The number of rotatable bonds is 2. The molecular weight excluding hydrogens is 287 g/mol. The van der Waals surface area contributed by atoms with Gasteiger partial charge in [-0.05, 0) is 12.1 Å². The van der Waals surface area contributed by atoms with Crippen LogP contribution in [0.1, 0.15) is 5.82 Å². The van der Waals surface area contributed by atoms with Crippen LogP contribution in [0.15, 0.2) is 35.1 Å². The Bertz CT molecular complexity index is 837. The highest BCUT2D eigenvalue weighted by Crippen LogP contribution is 2.27. The predicted molar refractivity (Wildman–Crippen MR) is 69.2 cm³/mol. The molecule has 9 heteroatoms. The Balaban J connectivity index is 2.04. The maximum Gasteiger partial charge on any atom is 0.449 e. The molecule has 3 aromatic rings. The second kappa shape index (κ2) is 4.62. The van der Waals surface area contributed by atoms with E-state index in [0.717, 1.165) is 0 Å². The van der Waals surface area contributed by atoms with E-state index in [0.29, 0.717) is 5.69 Å². The first kappa shape index (κ1) is 13.2. The number of nitrogens with zero attached hydrogens (tertiary/aromatic N) is 2. The fourth-order valence-electron chi connectivity index (χ4n) is 1.74. The van der Waals surface area contributed by atoms with Crippen LogP contribution in [0, 0.1) is 0 Å². The number of alkyl halides is 3. The predicted octanol–water partition coefficient (Wildman–Crippen LogP) is 2.41. The highest BCUT2D eigenvalue weighted by Gasteiger charge is 2.35. The molecule has 0 aliphatic rings. The lowest BCUT2D eigenvalue weighted by molar-refractivity contribution is -0.144. The van der Waals surface area contributed by atoms with Gasteiger partial charge in [0, 0.05) is 5.69 Å². The molecule has 6 nitrogen and oxygen atoms in total. The van der Waals surface area contributed by atoms with Gasteiger partial charge in [-0.1, -0.05) is 18.2 Å². The maximum absolute atomic E-state index is 12.5. The number of aromatic nitrogens is 4. The Hall–Kier alpha value is -2.84. The molecule has 3 N–H and O–H groups in total. The van der Waals surface area contributed by atoms with E-state index in [-0.39, 0.29) is 17.1 Å². The van der Waals surface area contributed by atoms with Crippen LogP contribution in [0.2, 0.25) is 0 Å². The van der Waals surface area contributed by atoms with Crippen molar-refractivity contribution in [1.29, 1.82) is 0 Å². The average Bonchev–Trinajstić information content (AvgIpc) is 2.83. The summed E-state index contributed by atoms with van der Waals surface area (Å²) in [5, 5.41) is 2.73. The molecule has 0 fully saturated rings. The third-order valence-corrected chi connectivity index (χ3v) is 2.66. The minimum absolute atomic E-state index is 0.119. The molecule has 3 rings (SSSR count). The maximum atomic E-state index is 12.5. The first-order chi connectivity index (χ1) is 9.93. The van der Waals surface area contributed by atoms with E-state index in [4.69, 9.17) is 0 Å². The number of benzene rings is 1. The molecule has 0 aliphatic heterocycles. The highest BCUT2D eigenvalue weighted by molar-refractivity contribution is 5.69. The molecule has 0 saturated carbocycles. The van der Waals surface area contributed by atoms with Gasteiger partial charge in [-0.3, -0.25) is 4.79 Å². The van der Waals surface area contributed by atoms with E-state index in [2.05, 4.69) is 20.3 Å². The quantitative estimate of drug-likeness (QED) is 0.677. The Morgan fingerprint density at radius 1 is 1.00 bits per heavy atom. The van der Waals surface area contributed by atoms with Crippen LogP contribution < -0.4 is 10.9 Å². The van der Waals surface area contributed by atoms with Crippen molar-refractivity contribution < 1.29 is 13.2 Å². The van der Waals surface area contributed by atoms with Gasteiger partial charge in [0.1, 0.15) is 0 Å². The van der Waals surface area contributed by atoms with Gasteiger partial charge in [-0.15, -0.1) is 0 Å². The number of fused-ring (bicyclic) bond motifs is 1. The van der Waals surface area contributed by atoms with Crippen LogP contribution in [0.5, 0.6) is 0 Å². The molecular formula is C12H8F3N5O. The summed E-state index contributed by atoms with van der Waals surface area (Å²) in [4.78, 5) is 23.2. The molecule has 0 bridgehead atoms. The normalized spacial score (nSPS) is 11.8. The summed E-state index contributed by atoms with van der Waals surface area (Å²) in [5.41, 5.74) is -0.469. The number of hydrogen-bond donors (Lipinski definition) is 3. The molecule has 0 radical (unpaired) electrons. The van der Waals surface area contributed by atoms with E-state index in [1.165, 1.54) is 0 Å². The number of hydrogen-bond acceptors (Lipinski definition) is 4. The zero-order valence-corrected chi connectivity index (χ0v) is 10.3. The van der Waals surface area contributed by atoms with Gasteiger partial charge in [0.2, 0.25) is 5.82 Å². The lowest BCUT2D eigenvalue weighted by atomic mass is 10.3. The molecule has 2 heterocycles. The molecule has 0 aliphatic carbocycles. The van der Waals surface area contributed by atoms with Gasteiger partial charge >= 0.3 is 6.18 Å². The molecule has 0 amide bonds. The van der Waals surface area contributed by atoms with E-state index in [9.17, 15) is 18.0 Å². The zero-order chi connectivity index (χ0) is 15.0. The summed E-state index contributed by atoms with van der Waals surface area (Å²) < 4.78 is 37.6. The molecule has 0 spiro atoms. The number of aromatic amines is 2. The number of nitrogens with one attached hydrogen (secondary N) is 3. The van der Waals surface area contributed by atoms with Crippen LogP contribution in [0.3, 0.4) is 0 Å². The summed E-state index contributed by atoms with van der Waals surface area (Å²) in [6.07, 6.45) is -4.63. The van der Waals surface area contributed by atoms with Crippen molar-refractivity contribution in [3.63, 3.8) is 0 Å². The van der Waals surface area contributed by atoms with Gasteiger partial charge in [-0.25, -0.2) is 9.97 Å². The lowest BCUT2D eigenvalue weighted by Crippen LogP contribution is -2.13. The Morgan fingerprint density at radius 2 is 1.67 bits per heavy atom. The van der Waals surface area contributed by atoms with Gasteiger partial charge in [0.25, 0.3) is 5.56 Å². The monoisotopic (exact) mass is 295 g/mol. The third kappa shape index (κ3) is 2.57. The Morgan fingerprint density at radius 3 is 2.33 bits per heavy atom. The summed E-state index contributed by atoms with van der Waals surface area (Å²) >= 11 is 0. The minimum Gasteiger partial charge on any atom is -0.336 e. The Labute approximate surface area is 115 Å². The van der Waals surface area contributed by atoms with Gasteiger partial charge in [0.15, 0.2) is 17.1 Å². The summed E-state index contributed by atoms with van der Waals surface area (Å²) in [6, 6.07) is 8.66. The first-order valence-electron chi connectivity index (χ1n) is 5.83. The van der Waals surface area contributed by atoms with Crippen LogP contribution in [-0.2, 0) is 6.18 Å². The average molecular weight is 295 g/mol. The number of H-pyrrole nitrogens is 2. The number of halogens is 3. The molecule has 0 saturated heterocycles. The number of para-hydroxylation sites is 1. The summed E-state index contributed by atoms with van der Waals surface area (Å²) in [6.45, 7) is 0. The number of imidazole rings is 1. The van der Waals surface area contributed by atoms with Crippen LogP contribution in [-0.4, -0.2) is 19.9 Å². The standard InChI is InChI=1S/C12H8F3N5O/c13-12(14,15)11-19-7-8(20-11)18-10(21)9(17-7)16-6-4-2-1-3-5-6/h1-5H,(H3,16,17,18,19,20,21). The second-order valence-corrected chi connectivity index (χ2v) is 4.19. The van der Waals surface area contributed by atoms with E-state index < -0.39 is 17.6 Å². The third-order valence-electron chi connectivity index (χ3n) is 2.66. The fourth-order valence-corrected chi connectivity index (χ4v) is 1.74. The van der Waals surface area contributed by atoms with Crippen LogP contribution in [0.25, 0.3) is 11.3 Å². The fraction of sp³-hybridized carbons (Fsp3) is 0.0833. The van der Waals surface area contributed by atoms with Crippen molar-refractivity contribution in [2.45, 2.75) is 6.18 Å². The molecule has 108 valence electrons. The minimum atomic E-state index is -4.63. The van der Waals surface area contributed by atoms with Gasteiger partial charge < -0.3 is 15.3 Å². The number of anilines is 2. The first-order valence-corrected chi connectivity index (χ1v) is 5.83. The van der Waals surface area contributed by atoms with Crippen LogP contribution in [0.4, 0.5) is 24.7 Å². The lowest BCUT2D eigenvalue weighted by Gasteiger charge is -2.03. The Kier molecular flexibility index (Phi) is 2.89. The van der Waals surface area contributed by atoms with E-state index in [1.54, 1.807) is 30.3 Å². The smallest absolute Gasteiger partial charge is 0.336 e. The van der Waals surface area contributed by atoms with E-state index in [1.807, 2.05) is 4.98 Å². The molecule has 21 heavy (non-hydrogen) atoms. The van der Waals surface area contributed by atoms with Gasteiger partial charge in [-0.2, -0.15) is 13.2 Å². The molecule has 2 aromatic heterocycles. The zero-order valence-electron chi connectivity index (χ0n) is 10.3. The summed E-state index contributed by atoms with van der Waals surface area (Å²) in [5.74, 6) is -1.33. The van der Waals surface area contributed by atoms with Crippen molar-refractivity contribution in [1.82, 2.24) is 19.9 Å². The van der Waals surface area contributed by atoms with Crippen molar-refractivity contribution in [3.05, 3.63) is 46.5 Å². The van der Waals surface area contributed by atoms with Crippen molar-refractivity contribution in [2.75, 3.05) is 5.32 Å². The molecule has 1 aromatic carbocycles. The highest BCUT2D eigenvalue weighted by atomic mass is 19.4. The van der Waals surface area contributed by atoms with Crippen molar-refractivity contribution in [3.8, 4) is 0 Å². The largest absolute Gasteiger partial charge is 0.449 e.